The monoisotopic (exact) mass is 326 g/mol. The number of carbonyl (C=O) groups excluding carboxylic acids is 2. The highest BCUT2D eigenvalue weighted by molar-refractivity contribution is 6.03. The van der Waals surface area contributed by atoms with Crippen LogP contribution in [-0.4, -0.2) is 22.8 Å². The molecule has 2 aromatic carbocycles. The number of hydrogen-bond acceptors (Lipinski definition) is 2. The second-order valence-electron chi connectivity index (χ2n) is 6.28. The third-order valence-electron chi connectivity index (χ3n) is 4.20. The molecule has 3 rings (SSSR count). The lowest BCUT2D eigenvalue weighted by atomic mass is 10.0. The van der Waals surface area contributed by atoms with Gasteiger partial charge in [-0.15, -0.1) is 0 Å². The van der Waals surface area contributed by atoms with Crippen LogP contribution in [0.2, 0.25) is 0 Å². The van der Waals surface area contributed by atoms with Crippen LogP contribution in [0.1, 0.15) is 29.8 Å². The molecule has 1 unspecified atom stereocenters. The van der Waals surface area contributed by atoms with Gasteiger partial charge in [0.15, 0.2) is 0 Å². The zero-order chi connectivity index (χ0) is 17.3. The van der Waals surface area contributed by atoms with E-state index in [0.717, 1.165) is 5.56 Å². The zero-order valence-electron chi connectivity index (χ0n) is 13.6. The van der Waals surface area contributed by atoms with Crippen LogP contribution in [-0.2, 0) is 11.3 Å². The summed E-state index contributed by atoms with van der Waals surface area (Å²) in [7, 11) is 0. The highest BCUT2D eigenvalue weighted by Gasteiger charge is 2.37. The molecule has 2 aromatic rings. The lowest BCUT2D eigenvalue weighted by Crippen LogP contribution is -2.47. The summed E-state index contributed by atoms with van der Waals surface area (Å²) in [4.78, 5) is 27.0. The van der Waals surface area contributed by atoms with Crippen LogP contribution in [0.25, 0.3) is 0 Å². The molecule has 0 aliphatic carbocycles. The molecule has 1 N–H and O–H groups in total. The van der Waals surface area contributed by atoms with E-state index in [-0.39, 0.29) is 23.5 Å². The second kappa shape index (κ2) is 6.43. The van der Waals surface area contributed by atoms with Crippen LogP contribution >= 0.6 is 0 Å². The van der Waals surface area contributed by atoms with Crippen molar-refractivity contribution in [1.82, 2.24) is 4.90 Å². The third-order valence-corrected chi connectivity index (χ3v) is 4.20. The molecule has 2 amide bonds. The number of nitrogens with zero attached hydrogens (tertiary/aromatic N) is 1. The molecule has 1 aliphatic heterocycles. The van der Waals surface area contributed by atoms with Gasteiger partial charge < -0.3 is 10.2 Å². The average Bonchev–Trinajstić information content (AvgIpc) is 2.87. The molecule has 0 saturated heterocycles. The van der Waals surface area contributed by atoms with E-state index in [4.69, 9.17) is 0 Å². The molecular formula is C19H19FN2O2. The van der Waals surface area contributed by atoms with E-state index < -0.39 is 6.04 Å². The lowest BCUT2D eigenvalue weighted by Gasteiger charge is -2.29. The zero-order valence-corrected chi connectivity index (χ0v) is 13.6. The van der Waals surface area contributed by atoms with Gasteiger partial charge in [-0.05, 0) is 41.8 Å². The molecule has 5 heteroatoms. The standard InChI is InChI=1S/C19H19FN2O2/c1-12(2)17(18(23)21-15-9-7-14(20)8-10-15)22-11-13-5-3-4-6-16(13)19(22)24/h3-10,12,17H,11H2,1-2H3,(H,21,23). The van der Waals surface area contributed by atoms with Gasteiger partial charge >= 0.3 is 0 Å². The van der Waals surface area contributed by atoms with Crippen LogP contribution in [0.3, 0.4) is 0 Å². The predicted octanol–water partition coefficient (Wildman–Crippen LogP) is 3.44. The maximum absolute atomic E-state index is 13.0. The van der Waals surface area contributed by atoms with Gasteiger partial charge in [-0.3, -0.25) is 9.59 Å². The molecule has 24 heavy (non-hydrogen) atoms. The fraction of sp³-hybridized carbons (Fsp3) is 0.263. The van der Waals surface area contributed by atoms with Crippen molar-refractivity contribution in [2.24, 2.45) is 5.92 Å². The largest absolute Gasteiger partial charge is 0.324 e. The van der Waals surface area contributed by atoms with E-state index in [1.807, 2.05) is 32.0 Å². The lowest BCUT2D eigenvalue weighted by molar-refractivity contribution is -0.122. The Labute approximate surface area is 140 Å². The minimum Gasteiger partial charge on any atom is -0.324 e. The first-order valence-electron chi connectivity index (χ1n) is 7.92. The quantitative estimate of drug-likeness (QED) is 0.935. The average molecular weight is 326 g/mol. The van der Waals surface area contributed by atoms with E-state index in [2.05, 4.69) is 5.32 Å². The Kier molecular flexibility index (Phi) is 4.34. The summed E-state index contributed by atoms with van der Waals surface area (Å²) in [6, 6.07) is 12.4. The first-order valence-corrected chi connectivity index (χ1v) is 7.92. The van der Waals surface area contributed by atoms with Gasteiger partial charge in [-0.2, -0.15) is 0 Å². The SMILES string of the molecule is CC(C)C(C(=O)Nc1ccc(F)cc1)N1Cc2ccccc2C1=O. The molecule has 124 valence electrons. The van der Waals surface area contributed by atoms with Crippen LogP contribution < -0.4 is 5.32 Å². The first kappa shape index (κ1) is 16.2. The maximum Gasteiger partial charge on any atom is 0.255 e. The molecule has 0 spiro atoms. The molecule has 1 heterocycles. The van der Waals surface area contributed by atoms with Crippen LogP contribution in [0.4, 0.5) is 10.1 Å². The van der Waals surface area contributed by atoms with Crippen molar-refractivity contribution in [2.75, 3.05) is 5.32 Å². The number of hydrogen-bond donors (Lipinski definition) is 1. The Morgan fingerprint density at radius 3 is 2.42 bits per heavy atom. The number of amides is 2. The number of anilines is 1. The molecular weight excluding hydrogens is 307 g/mol. The van der Waals surface area contributed by atoms with Crippen molar-refractivity contribution in [2.45, 2.75) is 26.4 Å². The van der Waals surface area contributed by atoms with E-state index in [1.165, 1.54) is 24.3 Å². The van der Waals surface area contributed by atoms with E-state index in [0.29, 0.717) is 17.8 Å². The predicted molar refractivity (Wildman–Crippen MR) is 90.0 cm³/mol. The minimum atomic E-state index is -0.588. The Morgan fingerprint density at radius 2 is 1.79 bits per heavy atom. The molecule has 0 bridgehead atoms. The first-order chi connectivity index (χ1) is 11.5. The van der Waals surface area contributed by atoms with Crippen molar-refractivity contribution >= 4 is 17.5 Å². The molecule has 0 radical (unpaired) electrons. The van der Waals surface area contributed by atoms with E-state index >= 15 is 0 Å². The minimum absolute atomic E-state index is 0.0521. The summed E-state index contributed by atoms with van der Waals surface area (Å²) in [6.07, 6.45) is 0. The van der Waals surface area contributed by atoms with Crippen molar-refractivity contribution < 1.29 is 14.0 Å². The summed E-state index contributed by atoms with van der Waals surface area (Å²) in [5.41, 5.74) is 2.09. The summed E-state index contributed by atoms with van der Waals surface area (Å²) in [5, 5.41) is 2.78. The van der Waals surface area contributed by atoms with Gasteiger partial charge in [0.2, 0.25) is 5.91 Å². The van der Waals surface area contributed by atoms with Gasteiger partial charge in [-0.25, -0.2) is 4.39 Å². The van der Waals surface area contributed by atoms with Gasteiger partial charge in [0, 0.05) is 17.8 Å². The van der Waals surface area contributed by atoms with E-state index in [1.54, 1.807) is 11.0 Å². The van der Waals surface area contributed by atoms with Crippen molar-refractivity contribution in [1.29, 1.82) is 0 Å². The fourth-order valence-electron chi connectivity index (χ4n) is 3.06. The number of carbonyl (C=O) groups is 2. The van der Waals surface area contributed by atoms with Crippen molar-refractivity contribution in [3.8, 4) is 0 Å². The maximum atomic E-state index is 13.0. The molecule has 1 atom stereocenters. The number of halogens is 1. The van der Waals surface area contributed by atoms with Gasteiger partial charge in [0.1, 0.15) is 11.9 Å². The third kappa shape index (κ3) is 3.02. The van der Waals surface area contributed by atoms with Crippen LogP contribution in [0.5, 0.6) is 0 Å². The number of benzene rings is 2. The molecule has 1 aliphatic rings. The topological polar surface area (TPSA) is 49.4 Å². The Bertz CT molecular complexity index is 771. The van der Waals surface area contributed by atoms with Crippen LogP contribution in [0, 0.1) is 11.7 Å². The highest BCUT2D eigenvalue weighted by Crippen LogP contribution is 2.27. The van der Waals surface area contributed by atoms with Crippen LogP contribution in [0.15, 0.2) is 48.5 Å². The molecule has 4 nitrogen and oxygen atoms in total. The number of nitrogens with one attached hydrogen (secondary N) is 1. The second-order valence-corrected chi connectivity index (χ2v) is 6.28. The molecule has 0 fully saturated rings. The Hall–Kier alpha value is -2.69. The van der Waals surface area contributed by atoms with Gasteiger partial charge in [-0.1, -0.05) is 32.0 Å². The van der Waals surface area contributed by atoms with Gasteiger partial charge in [0.25, 0.3) is 5.91 Å². The summed E-state index contributed by atoms with van der Waals surface area (Å²) < 4.78 is 13.0. The summed E-state index contributed by atoms with van der Waals surface area (Å²) in [6.45, 7) is 4.24. The Balaban J connectivity index is 1.82. The number of rotatable bonds is 4. The van der Waals surface area contributed by atoms with Crippen molar-refractivity contribution in [3.63, 3.8) is 0 Å². The summed E-state index contributed by atoms with van der Waals surface area (Å²) in [5.74, 6) is -0.807. The number of fused-ring (bicyclic) bond motifs is 1. The normalized spacial score (nSPS) is 14.7. The smallest absolute Gasteiger partial charge is 0.255 e. The fourth-order valence-corrected chi connectivity index (χ4v) is 3.06. The molecule has 0 aromatic heterocycles. The van der Waals surface area contributed by atoms with Crippen molar-refractivity contribution in [3.05, 3.63) is 65.5 Å². The summed E-state index contributed by atoms with van der Waals surface area (Å²) >= 11 is 0. The Morgan fingerprint density at radius 1 is 1.12 bits per heavy atom. The molecule has 0 saturated carbocycles. The van der Waals surface area contributed by atoms with Gasteiger partial charge in [0.05, 0.1) is 0 Å². The highest BCUT2D eigenvalue weighted by atomic mass is 19.1. The van der Waals surface area contributed by atoms with E-state index in [9.17, 15) is 14.0 Å².